The zero-order valence-corrected chi connectivity index (χ0v) is 18.3. The summed E-state index contributed by atoms with van der Waals surface area (Å²) in [6.45, 7) is 6.96. The van der Waals surface area contributed by atoms with Gasteiger partial charge in [-0.05, 0) is 57.7 Å². The first-order valence-corrected chi connectivity index (χ1v) is 10.8. The van der Waals surface area contributed by atoms with Gasteiger partial charge >= 0.3 is 6.09 Å². The Balaban J connectivity index is 1.70. The van der Waals surface area contributed by atoms with Crippen LogP contribution < -0.4 is 5.32 Å². The Morgan fingerprint density at radius 1 is 1.13 bits per heavy atom. The fraction of sp³-hybridized carbons (Fsp3) is 0.480. The smallest absolute Gasteiger partial charge is 0.407 e. The molecular formula is C25H34N2O3. The van der Waals surface area contributed by atoms with Crippen LogP contribution in [0, 0.1) is 0 Å². The second-order valence-electron chi connectivity index (χ2n) is 9.07. The molecule has 2 aromatic carbocycles. The van der Waals surface area contributed by atoms with Gasteiger partial charge in [0.1, 0.15) is 5.60 Å². The lowest BCUT2D eigenvalue weighted by molar-refractivity contribution is 0.0354. The van der Waals surface area contributed by atoms with E-state index in [-0.39, 0.29) is 0 Å². The minimum absolute atomic E-state index is 0.305. The van der Waals surface area contributed by atoms with Crippen molar-refractivity contribution in [2.24, 2.45) is 0 Å². The van der Waals surface area contributed by atoms with E-state index in [0.717, 1.165) is 24.9 Å². The van der Waals surface area contributed by atoms with Crippen LogP contribution in [0.2, 0.25) is 0 Å². The van der Waals surface area contributed by atoms with Gasteiger partial charge in [-0.2, -0.15) is 0 Å². The molecule has 2 aromatic rings. The maximum atomic E-state index is 12.4. The summed E-state index contributed by atoms with van der Waals surface area (Å²) in [5.41, 5.74) is 1.76. The van der Waals surface area contributed by atoms with Gasteiger partial charge in [0, 0.05) is 12.6 Å². The summed E-state index contributed by atoms with van der Waals surface area (Å²) < 4.78 is 5.44. The van der Waals surface area contributed by atoms with E-state index in [2.05, 4.69) is 34.5 Å². The van der Waals surface area contributed by atoms with E-state index in [4.69, 9.17) is 4.74 Å². The molecule has 0 saturated carbocycles. The lowest BCUT2D eigenvalue weighted by Gasteiger charge is -2.32. The fourth-order valence-corrected chi connectivity index (χ4v) is 4.08. The molecule has 0 bridgehead atoms. The van der Waals surface area contributed by atoms with Gasteiger partial charge in [-0.3, -0.25) is 4.90 Å². The molecule has 162 valence electrons. The second-order valence-corrected chi connectivity index (χ2v) is 9.07. The number of likely N-dealkylation sites (tertiary alicyclic amines) is 1. The normalized spacial score (nSPS) is 19.3. The quantitative estimate of drug-likeness (QED) is 0.714. The molecule has 5 heteroatoms. The van der Waals surface area contributed by atoms with Crippen molar-refractivity contribution in [2.45, 2.75) is 63.8 Å². The molecule has 3 atom stereocenters. The molecule has 1 fully saturated rings. The molecule has 5 nitrogen and oxygen atoms in total. The summed E-state index contributed by atoms with van der Waals surface area (Å²) in [6, 6.07) is 20.2. The van der Waals surface area contributed by atoms with Crippen LogP contribution in [0.3, 0.4) is 0 Å². The van der Waals surface area contributed by atoms with Gasteiger partial charge in [0.25, 0.3) is 0 Å². The zero-order chi connectivity index (χ0) is 21.6. The summed E-state index contributed by atoms with van der Waals surface area (Å²) in [5, 5.41) is 14.0. The monoisotopic (exact) mass is 410 g/mol. The van der Waals surface area contributed by atoms with Crippen molar-refractivity contribution in [2.75, 3.05) is 13.1 Å². The van der Waals surface area contributed by atoms with Gasteiger partial charge in [0.05, 0.1) is 12.1 Å². The molecule has 0 unspecified atom stereocenters. The van der Waals surface area contributed by atoms with Crippen molar-refractivity contribution in [3.05, 3.63) is 71.8 Å². The molecule has 3 rings (SSSR count). The van der Waals surface area contributed by atoms with Crippen LogP contribution in [0.25, 0.3) is 0 Å². The number of carbonyl (C=O) groups is 1. The van der Waals surface area contributed by atoms with E-state index in [1.807, 2.05) is 57.2 Å². The summed E-state index contributed by atoms with van der Waals surface area (Å²) >= 11 is 0. The average molecular weight is 411 g/mol. The Kier molecular flexibility index (Phi) is 7.51. The average Bonchev–Trinajstić information content (AvgIpc) is 3.15. The predicted molar refractivity (Wildman–Crippen MR) is 119 cm³/mol. The number of hydrogen-bond donors (Lipinski definition) is 2. The molecule has 2 N–H and O–H groups in total. The van der Waals surface area contributed by atoms with E-state index in [9.17, 15) is 9.90 Å². The molecule has 1 saturated heterocycles. The Bertz CT molecular complexity index is 789. The number of nitrogens with zero attached hydrogens (tertiary/aromatic N) is 1. The zero-order valence-electron chi connectivity index (χ0n) is 18.3. The van der Waals surface area contributed by atoms with Crippen molar-refractivity contribution < 1.29 is 14.6 Å². The molecule has 0 aliphatic carbocycles. The van der Waals surface area contributed by atoms with Gasteiger partial charge in [0.15, 0.2) is 0 Å². The number of hydrogen-bond acceptors (Lipinski definition) is 4. The van der Waals surface area contributed by atoms with Crippen LogP contribution in [0.5, 0.6) is 0 Å². The van der Waals surface area contributed by atoms with E-state index in [0.29, 0.717) is 19.0 Å². The first-order valence-electron chi connectivity index (χ1n) is 10.8. The largest absolute Gasteiger partial charge is 0.444 e. The molecule has 1 aliphatic rings. The van der Waals surface area contributed by atoms with Crippen molar-refractivity contribution in [1.82, 2.24) is 10.2 Å². The number of ether oxygens (including phenoxy) is 1. The minimum atomic E-state index is -0.706. The van der Waals surface area contributed by atoms with E-state index < -0.39 is 23.8 Å². The van der Waals surface area contributed by atoms with Gasteiger partial charge in [-0.25, -0.2) is 4.79 Å². The lowest BCUT2D eigenvalue weighted by atomic mass is 9.99. The van der Waals surface area contributed by atoms with Crippen LogP contribution in [0.4, 0.5) is 4.79 Å². The minimum Gasteiger partial charge on any atom is -0.444 e. The molecule has 0 radical (unpaired) electrons. The van der Waals surface area contributed by atoms with E-state index in [1.54, 1.807) is 0 Å². The third-order valence-electron chi connectivity index (χ3n) is 5.43. The predicted octanol–water partition coefficient (Wildman–Crippen LogP) is 4.32. The van der Waals surface area contributed by atoms with E-state index in [1.165, 1.54) is 5.56 Å². The summed E-state index contributed by atoms with van der Waals surface area (Å²) in [7, 11) is 0. The van der Waals surface area contributed by atoms with Crippen molar-refractivity contribution in [3.8, 4) is 0 Å². The van der Waals surface area contributed by atoms with Crippen LogP contribution in [0.1, 0.15) is 50.8 Å². The maximum absolute atomic E-state index is 12.4. The number of aliphatic hydroxyl groups is 1. The topological polar surface area (TPSA) is 61.8 Å². The van der Waals surface area contributed by atoms with Crippen LogP contribution in [0.15, 0.2) is 60.7 Å². The molecule has 1 amide bonds. The molecule has 0 aromatic heterocycles. The number of amides is 1. The van der Waals surface area contributed by atoms with Crippen molar-refractivity contribution in [1.29, 1.82) is 0 Å². The molecular weight excluding hydrogens is 376 g/mol. The number of nitrogens with one attached hydrogen (secondary N) is 1. The molecule has 1 aliphatic heterocycles. The number of alkyl carbamates (subject to hydrolysis) is 1. The Labute approximate surface area is 180 Å². The SMILES string of the molecule is CC(C)(C)OC(=O)N[C@H](Cc1ccccc1)[C@@H](O)CN1CCC[C@@H]1c1ccccc1. The highest BCUT2D eigenvalue weighted by Gasteiger charge is 2.31. The number of aliphatic hydroxyl groups excluding tert-OH is 1. The molecule has 1 heterocycles. The highest BCUT2D eigenvalue weighted by molar-refractivity contribution is 5.68. The first-order chi connectivity index (χ1) is 14.3. The number of rotatable bonds is 7. The Hall–Kier alpha value is -2.37. The standard InChI is InChI=1S/C25H34N2O3/c1-25(2,3)30-24(29)26-21(17-19-11-6-4-7-12-19)23(28)18-27-16-10-15-22(27)20-13-8-5-9-14-20/h4-9,11-14,21-23,28H,10,15-18H2,1-3H3,(H,26,29)/t21-,22-,23+/m1/s1. The van der Waals surface area contributed by atoms with Gasteiger partial charge in [0.2, 0.25) is 0 Å². The summed E-state index contributed by atoms with van der Waals surface area (Å²) in [5.74, 6) is 0. The van der Waals surface area contributed by atoms with Gasteiger partial charge < -0.3 is 15.2 Å². The number of carbonyl (C=O) groups excluding carboxylic acids is 1. The van der Waals surface area contributed by atoms with Crippen molar-refractivity contribution in [3.63, 3.8) is 0 Å². The third-order valence-corrected chi connectivity index (χ3v) is 5.43. The van der Waals surface area contributed by atoms with Gasteiger partial charge in [-0.1, -0.05) is 60.7 Å². The summed E-state index contributed by atoms with van der Waals surface area (Å²) in [4.78, 5) is 14.8. The van der Waals surface area contributed by atoms with E-state index >= 15 is 0 Å². The van der Waals surface area contributed by atoms with Crippen molar-refractivity contribution >= 4 is 6.09 Å². The first kappa shape index (κ1) is 22.3. The molecule has 30 heavy (non-hydrogen) atoms. The summed E-state index contributed by atoms with van der Waals surface area (Å²) in [6.07, 6.45) is 1.53. The third kappa shape index (κ3) is 6.57. The van der Waals surface area contributed by atoms with Crippen LogP contribution in [-0.2, 0) is 11.2 Å². The fourth-order valence-electron chi connectivity index (χ4n) is 4.08. The van der Waals surface area contributed by atoms with Crippen LogP contribution >= 0.6 is 0 Å². The maximum Gasteiger partial charge on any atom is 0.407 e. The molecule has 0 spiro atoms. The highest BCUT2D eigenvalue weighted by atomic mass is 16.6. The number of β-amino-alcohol motifs (C(OH)–C–C–N with tert-alkyl or cyclic N) is 1. The van der Waals surface area contributed by atoms with Gasteiger partial charge in [-0.15, -0.1) is 0 Å². The lowest BCUT2D eigenvalue weighted by Crippen LogP contribution is -2.50. The second kappa shape index (κ2) is 10.1. The Morgan fingerprint density at radius 3 is 2.40 bits per heavy atom. The Morgan fingerprint density at radius 2 is 1.77 bits per heavy atom. The highest BCUT2D eigenvalue weighted by Crippen LogP contribution is 2.32. The number of benzene rings is 2. The van der Waals surface area contributed by atoms with Crippen LogP contribution in [-0.4, -0.2) is 46.9 Å².